The fourth-order valence-electron chi connectivity index (χ4n) is 2.31. The van der Waals surface area contributed by atoms with Crippen LogP contribution in [-0.4, -0.2) is 28.9 Å². The van der Waals surface area contributed by atoms with Crippen molar-refractivity contribution in [3.63, 3.8) is 0 Å². The van der Waals surface area contributed by atoms with E-state index in [0.717, 1.165) is 11.5 Å². The largest absolute Gasteiger partial charge is 0.297 e. The van der Waals surface area contributed by atoms with Crippen molar-refractivity contribution in [2.24, 2.45) is 0 Å². The lowest BCUT2D eigenvalue weighted by Crippen LogP contribution is -2.20. The van der Waals surface area contributed by atoms with Crippen molar-refractivity contribution in [2.75, 3.05) is 5.32 Å². The number of nitrogens with one attached hydrogen (secondary N) is 1. The SMILES string of the molecule is CC(C)S(=O)(=O)c1ccccc1C(=O)Nc1nc(-c2ccc(F)cc2)ns1. The van der Waals surface area contributed by atoms with E-state index in [-0.39, 0.29) is 21.4 Å². The first-order valence-corrected chi connectivity index (χ1v) is 10.3. The van der Waals surface area contributed by atoms with Crippen LogP contribution in [0.25, 0.3) is 11.4 Å². The van der Waals surface area contributed by atoms with E-state index < -0.39 is 21.0 Å². The zero-order chi connectivity index (χ0) is 19.6. The number of amides is 1. The number of carbonyl (C=O) groups is 1. The predicted octanol–water partition coefficient (Wildman–Crippen LogP) is 3.78. The average Bonchev–Trinajstić information content (AvgIpc) is 3.10. The van der Waals surface area contributed by atoms with E-state index >= 15 is 0 Å². The molecular weight excluding hydrogens is 389 g/mol. The van der Waals surface area contributed by atoms with Crippen molar-refractivity contribution in [1.29, 1.82) is 0 Å². The zero-order valence-corrected chi connectivity index (χ0v) is 16.1. The van der Waals surface area contributed by atoms with Gasteiger partial charge in [0.2, 0.25) is 5.13 Å². The van der Waals surface area contributed by atoms with Gasteiger partial charge in [0.15, 0.2) is 15.7 Å². The minimum absolute atomic E-state index is 0.0271. The minimum Gasteiger partial charge on any atom is -0.297 e. The molecule has 3 aromatic rings. The Kier molecular flexibility index (Phi) is 5.33. The molecule has 3 rings (SSSR count). The molecule has 0 spiro atoms. The molecule has 9 heteroatoms. The van der Waals surface area contributed by atoms with Crippen molar-refractivity contribution in [2.45, 2.75) is 24.0 Å². The van der Waals surface area contributed by atoms with Gasteiger partial charge >= 0.3 is 0 Å². The van der Waals surface area contributed by atoms with Gasteiger partial charge in [-0.05, 0) is 50.2 Å². The van der Waals surface area contributed by atoms with Crippen LogP contribution >= 0.6 is 11.5 Å². The lowest BCUT2D eigenvalue weighted by atomic mass is 10.2. The van der Waals surface area contributed by atoms with Crippen LogP contribution in [0.15, 0.2) is 53.4 Å². The summed E-state index contributed by atoms with van der Waals surface area (Å²) in [5.74, 6) is -0.611. The van der Waals surface area contributed by atoms with E-state index in [1.54, 1.807) is 26.0 Å². The third kappa shape index (κ3) is 4.04. The van der Waals surface area contributed by atoms with Gasteiger partial charge in [-0.15, -0.1) is 0 Å². The summed E-state index contributed by atoms with van der Waals surface area (Å²) >= 11 is 0.955. The van der Waals surface area contributed by atoms with Gasteiger partial charge in [-0.1, -0.05) is 12.1 Å². The maximum atomic E-state index is 13.0. The third-order valence-corrected chi connectivity index (χ3v) is 6.65. The zero-order valence-electron chi connectivity index (χ0n) is 14.5. The van der Waals surface area contributed by atoms with Gasteiger partial charge in [-0.25, -0.2) is 12.8 Å². The van der Waals surface area contributed by atoms with Crippen molar-refractivity contribution in [1.82, 2.24) is 9.36 Å². The highest BCUT2D eigenvalue weighted by Gasteiger charge is 2.25. The molecule has 0 saturated carbocycles. The smallest absolute Gasteiger partial charge is 0.258 e. The molecule has 0 radical (unpaired) electrons. The monoisotopic (exact) mass is 405 g/mol. The van der Waals surface area contributed by atoms with Crippen LogP contribution in [0.1, 0.15) is 24.2 Å². The molecule has 0 aliphatic heterocycles. The summed E-state index contributed by atoms with van der Waals surface area (Å²) in [5, 5.41) is 2.14. The maximum absolute atomic E-state index is 13.0. The summed E-state index contributed by atoms with van der Waals surface area (Å²) in [6.07, 6.45) is 0. The van der Waals surface area contributed by atoms with Crippen LogP contribution in [0, 0.1) is 5.82 Å². The Morgan fingerprint density at radius 2 is 1.78 bits per heavy atom. The number of rotatable bonds is 5. The average molecular weight is 405 g/mol. The van der Waals surface area contributed by atoms with Crippen molar-refractivity contribution >= 4 is 32.4 Å². The Labute approximate surface area is 160 Å². The van der Waals surface area contributed by atoms with Crippen molar-refractivity contribution in [3.05, 3.63) is 59.9 Å². The second kappa shape index (κ2) is 7.53. The number of sulfone groups is 1. The lowest BCUT2D eigenvalue weighted by molar-refractivity contribution is 0.102. The highest BCUT2D eigenvalue weighted by Crippen LogP contribution is 2.24. The summed E-state index contributed by atoms with van der Waals surface area (Å²) < 4.78 is 42.1. The number of carbonyl (C=O) groups excluding carboxylic acids is 1. The van der Waals surface area contributed by atoms with Gasteiger partial charge in [-0.2, -0.15) is 9.36 Å². The van der Waals surface area contributed by atoms with Crippen LogP contribution < -0.4 is 5.32 Å². The number of hydrogen-bond donors (Lipinski definition) is 1. The molecule has 0 atom stereocenters. The van der Waals surface area contributed by atoms with Crippen LogP contribution in [0.5, 0.6) is 0 Å². The maximum Gasteiger partial charge on any atom is 0.258 e. The summed E-state index contributed by atoms with van der Waals surface area (Å²) in [5.41, 5.74) is 0.653. The standard InChI is InChI=1S/C18H16FN3O3S2/c1-11(2)27(24,25)15-6-4-3-5-14(15)17(23)21-18-20-16(22-26-18)12-7-9-13(19)10-8-12/h3-11H,1-2H3,(H,20,21,22,23). The van der Waals surface area contributed by atoms with E-state index in [0.29, 0.717) is 11.4 Å². The molecule has 1 N–H and O–H groups in total. The fraction of sp³-hybridized carbons (Fsp3) is 0.167. The van der Waals surface area contributed by atoms with Gasteiger partial charge in [0.05, 0.1) is 15.7 Å². The molecule has 0 unspecified atom stereocenters. The van der Waals surface area contributed by atoms with E-state index in [4.69, 9.17) is 0 Å². The molecule has 6 nitrogen and oxygen atoms in total. The number of aromatic nitrogens is 2. The van der Waals surface area contributed by atoms with Crippen LogP contribution in [0.3, 0.4) is 0 Å². The second-order valence-electron chi connectivity index (χ2n) is 5.97. The highest BCUT2D eigenvalue weighted by atomic mass is 32.2. The summed E-state index contributed by atoms with van der Waals surface area (Å²) in [6, 6.07) is 11.7. The fourth-order valence-corrected chi connectivity index (χ4v) is 4.14. The Morgan fingerprint density at radius 1 is 1.11 bits per heavy atom. The molecule has 0 aliphatic carbocycles. The molecule has 1 aromatic heterocycles. The van der Waals surface area contributed by atoms with Crippen LogP contribution in [-0.2, 0) is 9.84 Å². The summed E-state index contributed by atoms with van der Waals surface area (Å²) in [4.78, 5) is 16.8. The summed E-state index contributed by atoms with van der Waals surface area (Å²) in [6.45, 7) is 3.12. The molecule has 0 fully saturated rings. The molecule has 0 saturated heterocycles. The summed E-state index contributed by atoms with van der Waals surface area (Å²) in [7, 11) is -3.62. The Hall–Kier alpha value is -2.65. The van der Waals surface area contributed by atoms with Gasteiger partial charge in [-0.3, -0.25) is 10.1 Å². The minimum atomic E-state index is -3.62. The Bertz CT molecular complexity index is 1080. The van der Waals surface area contributed by atoms with Crippen LogP contribution in [0.2, 0.25) is 0 Å². The van der Waals surface area contributed by atoms with Gasteiger partial charge in [0.25, 0.3) is 5.91 Å². The first-order chi connectivity index (χ1) is 12.8. The Balaban J connectivity index is 1.86. The van der Waals surface area contributed by atoms with Gasteiger partial charge in [0, 0.05) is 17.1 Å². The molecule has 27 heavy (non-hydrogen) atoms. The quantitative estimate of drug-likeness (QED) is 0.698. The van der Waals surface area contributed by atoms with Gasteiger partial charge in [0.1, 0.15) is 5.82 Å². The normalized spacial score (nSPS) is 11.6. The number of nitrogens with zero attached hydrogens (tertiary/aromatic N) is 2. The molecule has 140 valence electrons. The highest BCUT2D eigenvalue weighted by molar-refractivity contribution is 7.92. The molecule has 1 amide bonds. The number of halogens is 1. The third-order valence-electron chi connectivity index (χ3n) is 3.81. The topological polar surface area (TPSA) is 89.0 Å². The molecule has 2 aromatic carbocycles. The first-order valence-electron chi connectivity index (χ1n) is 8.03. The van der Waals surface area contributed by atoms with E-state index in [2.05, 4.69) is 14.7 Å². The number of anilines is 1. The first kappa shape index (κ1) is 19.1. The molecule has 0 aliphatic rings. The van der Waals surface area contributed by atoms with Gasteiger partial charge < -0.3 is 0 Å². The second-order valence-corrected chi connectivity index (χ2v) is 9.20. The Morgan fingerprint density at radius 3 is 2.44 bits per heavy atom. The number of benzene rings is 2. The predicted molar refractivity (Wildman–Crippen MR) is 102 cm³/mol. The van der Waals surface area contributed by atoms with Crippen molar-refractivity contribution < 1.29 is 17.6 Å². The van der Waals surface area contributed by atoms with Crippen molar-refractivity contribution in [3.8, 4) is 11.4 Å². The molecular formula is C18H16FN3O3S2. The van der Waals surface area contributed by atoms with E-state index in [1.807, 2.05) is 0 Å². The number of hydrogen-bond acceptors (Lipinski definition) is 6. The van der Waals surface area contributed by atoms with E-state index in [1.165, 1.54) is 36.4 Å². The van der Waals surface area contributed by atoms with Crippen LogP contribution in [0.4, 0.5) is 9.52 Å². The lowest BCUT2D eigenvalue weighted by Gasteiger charge is -2.12. The molecule has 1 heterocycles. The molecule has 0 bridgehead atoms. The van der Waals surface area contributed by atoms with E-state index in [9.17, 15) is 17.6 Å².